The molecule has 1 saturated heterocycles. The standard InChI is InChI=1S/C12H26N2O/c1-3-5-11-15-12-10-14-8-6-13(4-2)7-9-14/h3-12H2,1-2H3. The Bertz CT molecular complexity index is 145. The summed E-state index contributed by atoms with van der Waals surface area (Å²) in [6, 6.07) is 0. The van der Waals surface area contributed by atoms with E-state index in [0.717, 1.165) is 19.8 Å². The van der Waals surface area contributed by atoms with Crippen LogP contribution in [0.1, 0.15) is 26.7 Å². The minimum atomic E-state index is 0.909. The van der Waals surface area contributed by atoms with E-state index in [0.29, 0.717) is 0 Å². The normalized spacial score (nSPS) is 19.6. The molecule has 0 unspecified atom stereocenters. The van der Waals surface area contributed by atoms with Gasteiger partial charge in [0.05, 0.1) is 6.61 Å². The molecule has 0 aromatic heterocycles. The third kappa shape index (κ3) is 5.50. The lowest BCUT2D eigenvalue weighted by atomic mass is 10.3. The molecule has 15 heavy (non-hydrogen) atoms. The number of hydrogen-bond acceptors (Lipinski definition) is 3. The van der Waals surface area contributed by atoms with Crippen LogP contribution in [-0.2, 0) is 4.74 Å². The highest BCUT2D eigenvalue weighted by atomic mass is 16.5. The van der Waals surface area contributed by atoms with E-state index in [2.05, 4.69) is 23.6 Å². The average molecular weight is 214 g/mol. The fraction of sp³-hybridized carbons (Fsp3) is 1.00. The number of hydrogen-bond donors (Lipinski definition) is 0. The number of likely N-dealkylation sites (N-methyl/N-ethyl adjacent to an activating group) is 1. The zero-order valence-corrected chi connectivity index (χ0v) is 10.4. The zero-order valence-electron chi connectivity index (χ0n) is 10.4. The van der Waals surface area contributed by atoms with Gasteiger partial charge in [0, 0.05) is 39.3 Å². The molecule has 3 heteroatoms. The van der Waals surface area contributed by atoms with Gasteiger partial charge < -0.3 is 9.64 Å². The Morgan fingerprint density at radius 3 is 2.20 bits per heavy atom. The van der Waals surface area contributed by atoms with E-state index in [-0.39, 0.29) is 0 Å². The molecule has 0 bridgehead atoms. The maximum atomic E-state index is 5.57. The van der Waals surface area contributed by atoms with Crippen LogP contribution in [0.2, 0.25) is 0 Å². The summed E-state index contributed by atoms with van der Waals surface area (Å²) in [5.41, 5.74) is 0. The number of unbranched alkanes of at least 4 members (excludes halogenated alkanes) is 1. The van der Waals surface area contributed by atoms with Gasteiger partial charge in [-0.3, -0.25) is 4.90 Å². The topological polar surface area (TPSA) is 15.7 Å². The SMILES string of the molecule is CCCCOCCN1CCN(CC)CC1. The second-order valence-corrected chi connectivity index (χ2v) is 4.24. The van der Waals surface area contributed by atoms with Crippen LogP contribution in [0.5, 0.6) is 0 Å². The molecule has 0 N–H and O–H groups in total. The maximum Gasteiger partial charge on any atom is 0.0593 e. The molecular formula is C12H26N2O. The van der Waals surface area contributed by atoms with Crippen LogP contribution in [0.3, 0.4) is 0 Å². The highest BCUT2D eigenvalue weighted by Gasteiger charge is 2.14. The Hall–Kier alpha value is -0.120. The van der Waals surface area contributed by atoms with Gasteiger partial charge in [0.1, 0.15) is 0 Å². The minimum Gasteiger partial charge on any atom is -0.380 e. The van der Waals surface area contributed by atoms with Crippen molar-refractivity contribution < 1.29 is 4.74 Å². The number of nitrogens with zero attached hydrogens (tertiary/aromatic N) is 2. The van der Waals surface area contributed by atoms with Gasteiger partial charge in [-0.15, -0.1) is 0 Å². The van der Waals surface area contributed by atoms with Crippen molar-refractivity contribution in [3.63, 3.8) is 0 Å². The summed E-state index contributed by atoms with van der Waals surface area (Å²) in [7, 11) is 0. The zero-order chi connectivity index (χ0) is 10.9. The van der Waals surface area contributed by atoms with Crippen LogP contribution >= 0.6 is 0 Å². The van der Waals surface area contributed by atoms with Crippen LogP contribution < -0.4 is 0 Å². The molecule has 0 amide bonds. The number of rotatable bonds is 7. The number of ether oxygens (including phenoxy) is 1. The van der Waals surface area contributed by atoms with E-state index < -0.39 is 0 Å². The molecule has 1 fully saturated rings. The summed E-state index contributed by atoms with van der Waals surface area (Å²) in [6.45, 7) is 13.5. The summed E-state index contributed by atoms with van der Waals surface area (Å²) in [5.74, 6) is 0. The summed E-state index contributed by atoms with van der Waals surface area (Å²) >= 11 is 0. The summed E-state index contributed by atoms with van der Waals surface area (Å²) in [4.78, 5) is 5.02. The van der Waals surface area contributed by atoms with Crippen molar-refractivity contribution in [3.8, 4) is 0 Å². The fourth-order valence-electron chi connectivity index (χ4n) is 1.87. The van der Waals surface area contributed by atoms with Crippen molar-refractivity contribution in [2.24, 2.45) is 0 Å². The lowest BCUT2D eigenvalue weighted by molar-refractivity contribution is 0.0759. The second kappa shape index (κ2) is 8.08. The quantitative estimate of drug-likeness (QED) is 0.596. The van der Waals surface area contributed by atoms with E-state index in [9.17, 15) is 0 Å². The molecule has 0 aromatic carbocycles. The molecule has 0 atom stereocenters. The van der Waals surface area contributed by atoms with Crippen molar-refractivity contribution in [1.82, 2.24) is 9.80 Å². The predicted octanol–water partition coefficient (Wildman–Crippen LogP) is 1.44. The van der Waals surface area contributed by atoms with Crippen molar-refractivity contribution >= 4 is 0 Å². The lowest BCUT2D eigenvalue weighted by Crippen LogP contribution is -2.47. The molecular weight excluding hydrogens is 188 g/mol. The van der Waals surface area contributed by atoms with Crippen molar-refractivity contribution in [2.75, 3.05) is 52.5 Å². The lowest BCUT2D eigenvalue weighted by Gasteiger charge is -2.33. The largest absolute Gasteiger partial charge is 0.380 e. The maximum absolute atomic E-state index is 5.57. The molecule has 0 aliphatic carbocycles. The van der Waals surface area contributed by atoms with Gasteiger partial charge in [-0.05, 0) is 13.0 Å². The predicted molar refractivity (Wildman–Crippen MR) is 64.3 cm³/mol. The Balaban J connectivity index is 1.94. The second-order valence-electron chi connectivity index (χ2n) is 4.24. The Morgan fingerprint density at radius 2 is 1.60 bits per heavy atom. The molecule has 3 nitrogen and oxygen atoms in total. The summed E-state index contributed by atoms with van der Waals surface area (Å²) in [6.07, 6.45) is 2.43. The van der Waals surface area contributed by atoms with Crippen molar-refractivity contribution in [1.29, 1.82) is 0 Å². The van der Waals surface area contributed by atoms with Crippen LogP contribution in [0.4, 0.5) is 0 Å². The third-order valence-corrected chi connectivity index (χ3v) is 3.11. The first kappa shape index (κ1) is 12.9. The average Bonchev–Trinajstić information content (AvgIpc) is 2.30. The Morgan fingerprint density at radius 1 is 0.933 bits per heavy atom. The third-order valence-electron chi connectivity index (χ3n) is 3.11. The highest BCUT2D eigenvalue weighted by Crippen LogP contribution is 2.00. The smallest absolute Gasteiger partial charge is 0.0593 e. The highest BCUT2D eigenvalue weighted by molar-refractivity contribution is 4.70. The van der Waals surface area contributed by atoms with E-state index in [1.165, 1.54) is 45.6 Å². The van der Waals surface area contributed by atoms with Gasteiger partial charge in [-0.2, -0.15) is 0 Å². The molecule has 0 radical (unpaired) electrons. The van der Waals surface area contributed by atoms with Crippen LogP contribution in [0.25, 0.3) is 0 Å². The summed E-state index contributed by atoms with van der Waals surface area (Å²) < 4.78 is 5.57. The van der Waals surface area contributed by atoms with Crippen LogP contribution in [0.15, 0.2) is 0 Å². The van der Waals surface area contributed by atoms with E-state index in [1.807, 2.05) is 0 Å². The Labute approximate surface area is 94.4 Å². The molecule has 0 spiro atoms. The van der Waals surface area contributed by atoms with Gasteiger partial charge in [-0.1, -0.05) is 20.3 Å². The van der Waals surface area contributed by atoms with E-state index >= 15 is 0 Å². The first-order valence-corrected chi connectivity index (χ1v) is 6.39. The fourth-order valence-corrected chi connectivity index (χ4v) is 1.87. The molecule has 1 aliphatic heterocycles. The van der Waals surface area contributed by atoms with Crippen LogP contribution in [0, 0.1) is 0 Å². The summed E-state index contributed by atoms with van der Waals surface area (Å²) in [5, 5.41) is 0. The van der Waals surface area contributed by atoms with E-state index in [1.54, 1.807) is 0 Å². The van der Waals surface area contributed by atoms with E-state index in [4.69, 9.17) is 4.74 Å². The van der Waals surface area contributed by atoms with Gasteiger partial charge in [0.25, 0.3) is 0 Å². The van der Waals surface area contributed by atoms with Gasteiger partial charge in [0.2, 0.25) is 0 Å². The van der Waals surface area contributed by atoms with Gasteiger partial charge in [-0.25, -0.2) is 0 Å². The van der Waals surface area contributed by atoms with Gasteiger partial charge >= 0.3 is 0 Å². The van der Waals surface area contributed by atoms with Crippen LogP contribution in [-0.4, -0.2) is 62.3 Å². The molecule has 90 valence electrons. The molecule has 0 aromatic rings. The monoisotopic (exact) mass is 214 g/mol. The number of piperazine rings is 1. The first-order valence-electron chi connectivity index (χ1n) is 6.39. The molecule has 0 saturated carbocycles. The van der Waals surface area contributed by atoms with Crippen molar-refractivity contribution in [3.05, 3.63) is 0 Å². The molecule has 1 rings (SSSR count). The van der Waals surface area contributed by atoms with Crippen molar-refractivity contribution in [2.45, 2.75) is 26.7 Å². The molecule has 1 heterocycles. The molecule has 1 aliphatic rings. The Kier molecular flexibility index (Phi) is 6.98. The van der Waals surface area contributed by atoms with Gasteiger partial charge in [0.15, 0.2) is 0 Å². The first-order chi connectivity index (χ1) is 7.36. The minimum absolute atomic E-state index is 0.909.